The standard InChI is InChI=1S/C38H44N2O4/c41-37(33-15-5-3-6-16-33)39-27-11-13-31-19-23-35(24-20-31)43-29-9-1-2-10-30-44-36-25-21-32(22-26-36)14-12-28-40-38(42)34-17-7-4-8-18-34/h3-8,15-26H,1-2,9-14,27-30H2,(H,39,41)(H,40,42). The summed E-state index contributed by atoms with van der Waals surface area (Å²) in [7, 11) is 0. The summed E-state index contributed by atoms with van der Waals surface area (Å²) in [4.78, 5) is 24.2. The molecule has 2 amide bonds. The van der Waals surface area contributed by atoms with Crippen molar-refractivity contribution in [2.24, 2.45) is 0 Å². The van der Waals surface area contributed by atoms with Crippen LogP contribution in [0.5, 0.6) is 11.5 Å². The molecule has 0 bridgehead atoms. The molecule has 0 heterocycles. The van der Waals surface area contributed by atoms with Crippen LogP contribution in [0.1, 0.15) is 70.4 Å². The summed E-state index contributed by atoms with van der Waals surface area (Å²) in [6, 6.07) is 35.1. The Morgan fingerprint density at radius 1 is 0.455 bits per heavy atom. The first-order chi connectivity index (χ1) is 21.7. The van der Waals surface area contributed by atoms with Crippen molar-refractivity contribution in [1.82, 2.24) is 10.6 Å². The van der Waals surface area contributed by atoms with E-state index in [0.717, 1.165) is 62.9 Å². The van der Waals surface area contributed by atoms with Crippen LogP contribution in [0.15, 0.2) is 109 Å². The molecule has 0 aliphatic carbocycles. The number of hydrogen-bond donors (Lipinski definition) is 2. The van der Waals surface area contributed by atoms with E-state index in [2.05, 4.69) is 34.9 Å². The van der Waals surface area contributed by atoms with Crippen LogP contribution < -0.4 is 20.1 Å². The van der Waals surface area contributed by atoms with E-state index in [1.807, 2.05) is 84.9 Å². The molecule has 0 spiro atoms. The van der Waals surface area contributed by atoms with E-state index in [9.17, 15) is 9.59 Å². The molecule has 44 heavy (non-hydrogen) atoms. The van der Waals surface area contributed by atoms with Crippen LogP contribution in [0.3, 0.4) is 0 Å². The Bertz CT molecular complexity index is 1270. The number of rotatable bonds is 19. The van der Waals surface area contributed by atoms with Gasteiger partial charge >= 0.3 is 0 Å². The van der Waals surface area contributed by atoms with Gasteiger partial charge < -0.3 is 20.1 Å². The SMILES string of the molecule is O=C(NCCCc1ccc(OCCCCCCOc2ccc(CCCNC(=O)c3ccccc3)cc2)cc1)c1ccccc1. The first-order valence-electron chi connectivity index (χ1n) is 15.8. The van der Waals surface area contributed by atoms with E-state index in [-0.39, 0.29) is 11.8 Å². The molecule has 0 unspecified atom stereocenters. The second-order valence-corrected chi connectivity index (χ2v) is 10.8. The summed E-state index contributed by atoms with van der Waals surface area (Å²) in [5.74, 6) is 1.75. The Kier molecular flexibility index (Phi) is 13.9. The van der Waals surface area contributed by atoms with Crippen molar-refractivity contribution < 1.29 is 19.1 Å². The van der Waals surface area contributed by atoms with Gasteiger partial charge in [0.05, 0.1) is 13.2 Å². The lowest BCUT2D eigenvalue weighted by atomic mass is 10.1. The molecule has 6 heteroatoms. The molecule has 0 aliphatic rings. The highest BCUT2D eigenvalue weighted by atomic mass is 16.5. The number of hydrogen-bond acceptors (Lipinski definition) is 4. The average Bonchev–Trinajstić information content (AvgIpc) is 3.08. The van der Waals surface area contributed by atoms with Crippen LogP contribution in [0.4, 0.5) is 0 Å². The van der Waals surface area contributed by atoms with Gasteiger partial charge in [-0.2, -0.15) is 0 Å². The fraction of sp³-hybridized carbons (Fsp3) is 0.316. The van der Waals surface area contributed by atoms with Gasteiger partial charge in [-0.15, -0.1) is 0 Å². The molecule has 0 radical (unpaired) electrons. The van der Waals surface area contributed by atoms with Gasteiger partial charge in [0.15, 0.2) is 0 Å². The Morgan fingerprint density at radius 2 is 0.841 bits per heavy atom. The Hall–Kier alpha value is -4.58. The third-order valence-corrected chi connectivity index (χ3v) is 7.35. The number of aryl methyl sites for hydroxylation is 2. The molecule has 0 aromatic heterocycles. The molecule has 230 valence electrons. The lowest BCUT2D eigenvalue weighted by Crippen LogP contribution is -2.24. The number of carbonyl (C=O) groups is 2. The van der Waals surface area contributed by atoms with Crippen LogP contribution in [-0.4, -0.2) is 38.1 Å². The maximum atomic E-state index is 12.1. The minimum Gasteiger partial charge on any atom is -0.494 e. The second kappa shape index (κ2) is 18.9. The van der Waals surface area contributed by atoms with E-state index in [0.29, 0.717) is 37.4 Å². The minimum atomic E-state index is -0.0246. The Labute approximate surface area is 261 Å². The number of amides is 2. The zero-order valence-corrected chi connectivity index (χ0v) is 25.5. The Balaban J connectivity index is 0.973. The molecule has 0 fully saturated rings. The largest absolute Gasteiger partial charge is 0.494 e. The molecular weight excluding hydrogens is 548 g/mol. The Morgan fingerprint density at radius 3 is 1.23 bits per heavy atom. The number of carbonyl (C=O) groups excluding carboxylic acids is 2. The third-order valence-electron chi connectivity index (χ3n) is 7.35. The highest BCUT2D eigenvalue weighted by molar-refractivity contribution is 5.94. The van der Waals surface area contributed by atoms with Gasteiger partial charge in [-0.05, 0) is 111 Å². The smallest absolute Gasteiger partial charge is 0.251 e. The summed E-state index contributed by atoms with van der Waals surface area (Å²) in [5, 5.41) is 5.95. The lowest BCUT2D eigenvalue weighted by molar-refractivity contribution is 0.0945. The molecule has 2 N–H and O–H groups in total. The van der Waals surface area contributed by atoms with Crippen molar-refractivity contribution in [3.8, 4) is 11.5 Å². The first kappa shape index (κ1) is 32.3. The van der Waals surface area contributed by atoms with Crippen molar-refractivity contribution >= 4 is 11.8 Å². The molecule has 0 saturated carbocycles. The molecule has 6 nitrogen and oxygen atoms in total. The van der Waals surface area contributed by atoms with Crippen LogP contribution in [0.2, 0.25) is 0 Å². The number of unbranched alkanes of at least 4 members (excludes halogenated alkanes) is 3. The van der Waals surface area contributed by atoms with Gasteiger partial charge in [-0.3, -0.25) is 9.59 Å². The average molecular weight is 593 g/mol. The maximum Gasteiger partial charge on any atom is 0.251 e. The fourth-order valence-corrected chi connectivity index (χ4v) is 4.81. The quantitative estimate of drug-likeness (QED) is 0.111. The van der Waals surface area contributed by atoms with Crippen molar-refractivity contribution in [2.45, 2.75) is 51.4 Å². The van der Waals surface area contributed by atoms with Crippen molar-refractivity contribution in [3.63, 3.8) is 0 Å². The summed E-state index contributed by atoms with van der Waals surface area (Å²) in [5.41, 5.74) is 3.87. The monoisotopic (exact) mass is 592 g/mol. The van der Waals surface area contributed by atoms with Gasteiger partial charge in [0.25, 0.3) is 11.8 Å². The fourth-order valence-electron chi connectivity index (χ4n) is 4.81. The van der Waals surface area contributed by atoms with Crippen LogP contribution in [0, 0.1) is 0 Å². The zero-order chi connectivity index (χ0) is 30.7. The normalized spacial score (nSPS) is 10.6. The summed E-state index contributed by atoms with van der Waals surface area (Å²) < 4.78 is 11.8. The minimum absolute atomic E-state index is 0.0246. The first-order valence-corrected chi connectivity index (χ1v) is 15.8. The van der Waals surface area contributed by atoms with E-state index in [1.54, 1.807) is 0 Å². The number of nitrogens with one attached hydrogen (secondary N) is 2. The molecule has 0 aliphatic heterocycles. The van der Waals surface area contributed by atoms with E-state index in [1.165, 1.54) is 11.1 Å². The van der Waals surface area contributed by atoms with E-state index in [4.69, 9.17) is 9.47 Å². The summed E-state index contributed by atoms with van der Waals surface area (Å²) >= 11 is 0. The molecule has 4 aromatic carbocycles. The zero-order valence-electron chi connectivity index (χ0n) is 25.5. The molecular formula is C38H44N2O4. The number of ether oxygens (including phenoxy) is 2. The van der Waals surface area contributed by atoms with Crippen molar-refractivity contribution in [1.29, 1.82) is 0 Å². The summed E-state index contributed by atoms with van der Waals surface area (Å²) in [6.07, 6.45) is 7.87. The van der Waals surface area contributed by atoms with Gasteiger partial charge in [0, 0.05) is 24.2 Å². The molecule has 4 aromatic rings. The van der Waals surface area contributed by atoms with Crippen molar-refractivity contribution in [3.05, 3.63) is 131 Å². The van der Waals surface area contributed by atoms with E-state index < -0.39 is 0 Å². The highest BCUT2D eigenvalue weighted by Crippen LogP contribution is 2.16. The third kappa shape index (κ3) is 12.0. The van der Waals surface area contributed by atoms with Gasteiger partial charge in [-0.1, -0.05) is 60.7 Å². The molecule has 4 rings (SSSR count). The van der Waals surface area contributed by atoms with Crippen LogP contribution in [0.25, 0.3) is 0 Å². The number of benzene rings is 4. The molecule has 0 saturated heterocycles. The predicted octanol–water partition coefficient (Wildman–Crippen LogP) is 7.43. The lowest BCUT2D eigenvalue weighted by Gasteiger charge is -2.09. The van der Waals surface area contributed by atoms with Crippen LogP contribution in [-0.2, 0) is 12.8 Å². The van der Waals surface area contributed by atoms with E-state index >= 15 is 0 Å². The van der Waals surface area contributed by atoms with Gasteiger partial charge in [0.2, 0.25) is 0 Å². The van der Waals surface area contributed by atoms with Crippen LogP contribution >= 0.6 is 0 Å². The summed E-state index contributed by atoms with van der Waals surface area (Å²) in [6.45, 7) is 2.73. The van der Waals surface area contributed by atoms with Gasteiger partial charge in [0.1, 0.15) is 11.5 Å². The predicted molar refractivity (Wildman–Crippen MR) is 177 cm³/mol. The maximum absolute atomic E-state index is 12.1. The highest BCUT2D eigenvalue weighted by Gasteiger charge is 2.05. The molecule has 0 atom stereocenters. The van der Waals surface area contributed by atoms with Gasteiger partial charge in [-0.25, -0.2) is 0 Å². The second-order valence-electron chi connectivity index (χ2n) is 10.8. The topological polar surface area (TPSA) is 76.7 Å². The van der Waals surface area contributed by atoms with Crippen molar-refractivity contribution in [2.75, 3.05) is 26.3 Å².